The first kappa shape index (κ1) is 9.40. The summed E-state index contributed by atoms with van der Waals surface area (Å²) in [5.74, 6) is 1.26. The number of aromatic nitrogens is 2. The smallest absolute Gasteiger partial charge is 0.294 e. The van der Waals surface area contributed by atoms with Crippen molar-refractivity contribution in [3.05, 3.63) is 23.8 Å². The second-order valence-electron chi connectivity index (χ2n) is 3.16. The Bertz CT molecular complexity index is 341. The lowest BCUT2D eigenvalue weighted by Gasteiger charge is -2.06. The van der Waals surface area contributed by atoms with E-state index in [2.05, 4.69) is 14.7 Å². The third-order valence-electron chi connectivity index (χ3n) is 2.05. The molecule has 14 heavy (non-hydrogen) atoms. The lowest BCUT2D eigenvalue weighted by Crippen LogP contribution is -2.02. The van der Waals surface area contributed by atoms with Gasteiger partial charge in [0.05, 0.1) is 0 Å². The maximum atomic E-state index is 10.1. The number of carbonyl (C=O) groups excluding carboxylic acids is 1. The summed E-state index contributed by atoms with van der Waals surface area (Å²) in [5.41, 5.74) is -0.274. The number of ether oxygens (including phenoxy) is 1. The number of hydrogen-bond acceptors (Lipinski definition) is 4. The third kappa shape index (κ3) is 2.01. The van der Waals surface area contributed by atoms with Crippen LogP contribution in [0.25, 0.3) is 0 Å². The van der Waals surface area contributed by atoms with E-state index in [-0.39, 0.29) is 0 Å². The maximum absolute atomic E-state index is 10.1. The number of hydrogen-bond donors (Lipinski definition) is 0. The van der Waals surface area contributed by atoms with Crippen LogP contribution < -0.4 is 0 Å². The molecule has 1 unspecified atom stereocenters. The number of rotatable bonds is 4. The van der Waals surface area contributed by atoms with Crippen molar-refractivity contribution in [1.82, 2.24) is 9.97 Å². The lowest BCUT2D eigenvalue weighted by molar-refractivity contribution is -0.130. The van der Waals surface area contributed by atoms with Gasteiger partial charge >= 0.3 is 0 Å². The Morgan fingerprint density at radius 2 is 2.43 bits per heavy atom. The molecule has 1 aliphatic rings. The van der Waals surface area contributed by atoms with Crippen molar-refractivity contribution in [2.45, 2.75) is 24.3 Å². The first-order valence-corrected chi connectivity index (χ1v) is 4.81. The summed E-state index contributed by atoms with van der Waals surface area (Å²) in [6.07, 6.45) is 3.90. The Labute approximate surface area is 86.3 Å². The fraction of sp³-hybridized carbons (Fsp3) is 0.444. The van der Waals surface area contributed by atoms with E-state index >= 15 is 0 Å². The van der Waals surface area contributed by atoms with Gasteiger partial charge in [0, 0.05) is 12.1 Å². The summed E-state index contributed by atoms with van der Waals surface area (Å²) >= 11 is 5.76. The van der Waals surface area contributed by atoms with E-state index in [0.29, 0.717) is 18.1 Å². The summed E-state index contributed by atoms with van der Waals surface area (Å²) < 4.78 is 4.58. The van der Waals surface area contributed by atoms with Gasteiger partial charge in [-0.05, 0) is 18.9 Å². The van der Waals surface area contributed by atoms with Crippen LogP contribution in [-0.4, -0.2) is 16.4 Å². The molecule has 4 nitrogen and oxygen atoms in total. The largest absolute Gasteiger partial charge is 0.442 e. The molecule has 1 heterocycles. The molecule has 0 N–H and O–H groups in total. The van der Waals surface area contributed by atoms with Gasteiger partial charge in [0.1, 0.15) is 11.5 Å². The fourth-order valence-electron chi connectivity index (χ4n) is 1.17. The number of carbonyl (C=O) groups is 1. The quantitative estimate of drug-likeness (QED) is 0.564. The minimum atomic E-state index is -0.812. The molecule has 0 spiro atoms. The highest BCUT2D eigenvalue weighted by molar-refractivity contribution is 6.20. The van der Waals surface area contributed by atoms with E-state index in [1.165, 1.54) is 0 Å². The maximum Gasteiger partial charge on any atom is 0.294 e. The molecule has 5 heteroatoms. The van der Waals surface area contributed by atoms with Gasteiger partial charge in [-0.25, -0.2) is 9.97 Å². The van der Waals surface area contributed by atoms with Crippen LogP contribution in [-0.2, 0) is 9.53 Å². The van der Waals surface area contributed by atoms with Crippen LogP contribution in [0.4, 0.5) is 0 Å². The van der Waals surface area contributed by atoms with Crippen molar-refractivity contribution in [3.8, 4) is 0 Å². The van der Waals surface area contributed by atoms with Crippen molar-refractivity contribution < 1.29 is 9.53 Å². The predicted octanol–water partition coefficient (Wildman–Crippen LogP) is 1.76. The topological polar surface area (TPSA) is 52.1 Å². The van der Waals surface area contributed by atoms with Gasteiger partial charge < -0.3 is 4.74 Å². The first-order valence-electron chi connectivity index (χ1n) is 4.37. The van der Waals surface area contributed by atoms with Crippen LogP contribution in [0.3, 0.4) is 0 Å². The van der Waals surface area contributed by atoms with Crippen LogP contribution >= 0.6 is 11.6 Å². The second kappa shape index (κ2) is 3.92. The number of alkyl halides is 1. The Balaban J connectivity index is 2.16. The van der Waals surface area contributed by atoms with Gasteiger partial charge in [-0.2, -0.15) is 0 Å². The molecular weight excluding hydrogens is 204 g/mol. The molecule has 0 saturated heterocycles. The molecule has 1 atom stereocenters. The standard InChI is InChI=1S/C9H9ClN2O2/c10-8(14-5-13)7-3-4-11-9(12-7)6-1-2-6/h3-6,8H,1-2H2. The van der Waals surface area contributed by atoms with Crippen LogP contribution in [0.15, 0.2) is 12.3 Å². The molecule has 0 aliphatic heterocycles. The minimum absolute atomic E-state index is 0.316. The SMILES string of the molecule is O=COC(Cl)c1ccnc(C2CC2)n1. The molecule has 1 saturated carbocycles. The molecular formula is C9H9ClN2O2. The molecule has 0 bridgehead atoms. The molecule has 0 amide bonds. The van der Waals surface area contributed by atoms with Crippen molar-refractivity contribution in [3.63, 3.8) is 0 Å². The van der Waals surface area contributed by atoms with Crippen LogP contribution in [0.1, 0.15) is 35.8 Å². The van der Waals surface area contributed by atoms with Gasteiger partial charge in [0.15, 0.2) is 0 Å². The zero-order valence-corrected chi connectivity index (χ0v) is 8.15. The Morgan fingerprint density at radius 1 is 1.64 bits per heavy atom. The molecule has 0 radical (unpaired) electrons. The van der Waals surface area contributed by atoms with E-state index in [1.807, 2.05) is 0 Å². The highest BCUT2D eigenvalue weighted by atomic mass is 35.5. The van der Waals surface area contributed by atoms with Gasteiger partial charge in [0.2, 0.25) is 5.56 Å². The van der Waals surface area contributed by atoms with Gasteiger partial charge in [-0.3, -0.25) is 4.79 Å². The lowest BCUT2D eigenvalue weighted by atomic mass is 10.3. The van der Waals surface area contributed by atoms with Gasteiger partial charge in [-0.15, -0.1) is 0 Å². The van der Waals surface area contributed by atoms with Crippen LogP contribution in [0, 0.1) is 0 Å². The summed E-state index contributed by atoms with van der Waals surface area (Å²) in [4.78, 5) is 18.4. The monoisotopic (exact) mass is 212 g/mol. The molecule has 74 valence electrons. The molecule has 1 aromatic rings. The van der Waals surface area contributed by atoms with Crippen molar-refractivity contribution in [2.75, 3.05) is 0 Å². The van der Waals surface area contributed by atoms with Crippen LogP contribution in [0.2, 0.25) is 0 Å². The van der Waals surface area contributed by atoms with Gasteiger partial charge in [0.25, 0.3) is 6.47 Å². The van der Waals surface area contributed by atoms with E-state index in [4.69, 9.17) is 11.6 Å². The third-order valence-corrected chi connectivity index (χ3v) is 2.37. The Hall–Kier alpha value is -1.16. The van der Waals surface area contributed by atoms with Gasteiger partial charge in [-0.1, -0.05) is 11.6 Å². The summed E-state index contributed by atoms with van der Waals surface area (Å²) in [5, 5.41) is 0. The molecule has 1 fully saturated rings. The van der Waals surface area contributed by atoms with Crippen molar-refractivity contribution in [1.29, 1.82) is 0 Å². The van der Waals surface area contributed by atoms with Crippen LogP contribution in [0.5, 0.6) is 0 Å². The molecule has 1 aliphatic carbocycles. The fourth-order valence-corrected chi connectivity index (χ4v) is 1.34. The van der Waals surface area contributed by atoms with E-state index in [9.17, 15) is 4.79 Å². The molecule has 1 aromatic heterocycles. The predicted molar refractivity (Wildman–Crippen MR) is 49.8 cm³/mol. The Morgan fingerprint density at radius 3 is 3.07 bits per heavy atom. The van der Waals surface area contributed by atoms with E-state index in [0.717, 1.165) is 18.7 Å². The number of nitrogens with zero attached hydrogens (tertiary/aromatic N) is 2. The first-order chi connectivity index (χ1) is 6.81. The highest BCUT2D eigenvalue weighted by Crippen LogP contribution is 2.38. The normalized spacial score (nSPS) is 17.5. The highest BCUT2D eigenvalue weighted by Gasteiger charge is 2.27. The summed E-state index contributed by atoms with van der Waals surface area (Å²) in [7, 11) is 0. The van der Waals surface area contributed by atoms with E-state index in [1.54, 1.807) is 12.3 Å². The molecule has 0 aromatic carbocycles. The second-order valence-corrected chi connectivity index (χ2v) is 3.56. The zero-order chi connectivity index (χ0) is 9.97. The minimum Gasteiger partial charge on any atom is -0.442 e. The molecule has 2 rings (SSSR count). The van der Waals surface area contributed by atoms with E-state index < -0.39 is 5.56 Å². The number of halogens is 1. The zero-order valence-electron chi connectivity index (χ0n) is 7.39. The van der Waals surface area contributed by atoms with Crippen molar-refractivity contribution >= 4 is 18.1 Å². The summed E-state index contributed by atoms with van der Waals surface area (Å²) in [6.45, 7) is 0.316. The Kier molecular flexibility index (Phi) is 2.63. The average Bonchev–Trinajstić information content (AvgIpc) is 3.02. The van der Waals surface area contributed by atoms with Crippen molar-refractivity contribution in [2.24, 2.45) is 0 Å². The average molecular weight is 213 g/mol. The summed E-state index contributed by atoms with van der Waals surface area (Å²) in [6, 6.07) is 1.65.